The molecular weight excluding hydrogens is 360 g/mol. The molecule has 3 aromatic rings. The molecule has 2 amide bonds. The van der Waals surface area contributed by atoms with Crippen molar-refractivity contribution in [1.82, 2.24) is 10.2 Å². The SMILES string of the molecule is CC(NC(=O)C1CC(=O)N(CCc2ccccc2)C1)c1ccc2ccccc2c1. The fourth-order valence-electron chi connectivity index (χ4n) is 3.96. The van der Waals surface area contributed by atoms with Crippen LogP contribution in [0.1, 0.15) is 30.5 Å². The number of hydrogen-bond acceptors (Lipinski definition) is 2. The molecule has 2 unspecified atom stereocenters. The van der Waals surface area contributed by atoms with E-state index >= 15 is 0 Å². The lowest BCUT2D eigenvalue weighted by Crippen LogP contribution is -2.35. The minimum absolute atomic E-state index is 0.0405. The van der Waals surface area contributed by atoms with E-state index in [9.17, 15) is 9.59 Å². The lowest BCUT2D eigenvalue weighted by atomic mass is 10.0. The second kappa shape index (κ2) is 8.48. The van der Waals surface area contributed by atoms with Gasteiger partial charge in [-0.2, -0.15) is 0 Å². The summed E-state index contributed by atoms with van der Waals surface area (Å²) in [5, 5.41) is 5.45. The molecule has 0 saturated carbocycles. The van der Waals surface area contributed by atoms with Gasteiger partial charge in [-0.1, -0.05) is 66.7 Å². The van der Waals surface area contributed by atoms with Gasteiger partial charge in [-0.25, -0.2) is 0 Å². The van der Waals surface area contributed by atoms with E-state index in [0.29, 0.717) is 19.5 Å². The summed E-state index contributed by atoms with van der Waals surface area (Å²) < 4.78 is 0. The molecule has 1 saturated heterocycles. The van der Waals surface area contributed by atoms with Gasteiger partial charge in [-0.05, 0) is 41.3 Å². The lowest BCUT2D eigenvalue weighted by Gasteiger charge is -2.19. The Morgan fingerprint density at radius 2 is 1.76 bits per heavy atom. The molecular formula is C25H26N2O2. The van der Waals surface area contributed by atoms with Crippen molar-refractivity contribution in [2.45, 2.75) is 25.8 Å². The first-order valence-electron chi connectivity index (χ1n) is 10.2. The summed E-state index contributed by atoms with van der Waals surface area (Å²) in [6.45, 7) is 3.15. The summed E-state index contributed by atoms with van der Waals surface area (Å²) in [5.41, 5.74) is 2.28. The normalized spacial score (nSPS) is 17.5. The number of carbonyl (C=O) groups excluding carboxylic acids is 2. The molecule has 4 nitrogen and oxygen atoms in total. The zero-order chi connectivity index (χ0) is 20.2. The van der Waals surface area contributed by atoms with E-state index in [0.717, 1.165) is 17.4 Å². The smallest absolute Gasteiger partial charge is 0.225 e. The highest BCUT2D eigenvalue weighted by Crippen LogP contribution is 2.23. The molecule has 0 aromatic heterocycles. The van der Waals surface area contributed by atoms with Crippen molar-refractivity contribution < 1.29 is 9.59 Å². The first-order chi connectivity index (χ1) is 14.1. The number of fused-ring (bicyclic) bond motifs is 1. The van der Waals surface area contributed by atoms with Crippen LogP contribution in [0.25, 0.3) is 10.8 Å². The van der Waals surface area contributed by atoms with Gasteiger partial charge in [0.1, 0.15) is 0 Å². The van der Waals surface area contributed by atoms with E-state index in [1.54, 1.807) is 0 Å². The van der Waals surface area contributed by atoms with Crippen LogP contribution in [0, 0.1) is 5.92 Å². The highest BCUT2D eigenvalue weighted by Gasteiger charge is 2.34. The van der Waals surface area contributed by atoms with Crippen molar-refractivity contribution in [2.24, 2.45) is 5.92 Å². The van der Waals surface area contributed by atoms with Crippen LogP contribution in [0.5, 0.6) is 0 Å². The molecule has 0 spiro atoms. The Morgan fingerprint density at radius 1 is 1.03 bits per heavy atom. The quantitative estimate of drug-likeness (QED) is 0.693. The molecule has 1 aliphatic heterocycles. The van der Waals surface area contributed by atoms with Gasteiger partial charge in [0.05, 0.1) is 12.0 Å². The predicted molar refractivity (Wildman–Crippen MR) is 115 cm³/mol. The van der Waals surface area contributed by atoms with E-state index in [2.05, 4.69) is 47.8 Å². The van der Waals surface area contributed by atoms with E-state index in [4.69, 9.17) is 0 Å². The Hall–Kier alpha value is -3.14. The van der Waals surface area contributed by atoms with E-state index < -0.39 is 0 Å². The molecule has 29 heavy (non-hydrogen) atoms. The monoisotopic (exact) mass is 386 g/mol. The highest BCUT2D eigenvalue weighted by molar-refractivity contribution is 5.89. The Kier molecular flexibility index (Phi) is 5.61. The number of hydrogen-bond donors (Lipinski definition) is 1. The Labute approximate surface area is 171 Å². The summed E-state index contributed by atoms with van der Waals surface area (Å²) in [4.78, 5) is 26.9. The third kappa shape index (κ3) is 4.48. The van der Waals surface area contributed by atoms with E-state index in [1.807, 2.05) is 42.2 Å². The molecule has 1 fully saturated rings. The molecule has 4 rings (SSSR count). The summed E-state index contributed by atoms with van der Waals surface area (Å²) >= 11 is 0. The van der Waals surface area contributed by atoms with Crippen LogP contribution in [-0.4, -0.2) is 29.8 Å². The molecule has 0 bridgehead atoms. The van der Waals surface area contributed by atoms with Crippen LogP contribution in [0.15, 0.2) is 72.8 Å². The fraction of sp³-hybridized carbons (Fsp3) is 0.280. The van der Waals surface area contributed by atoms with Crippen LogP contribution in [0.3, 0.4) is 0 Å². The van der Waals surface area contributed by atoms with Crippen LogP contribution >= 0.6 is 0 Å². The van der Waals surface area contributed by atoms with Crippen LogP contribution in [-0.2, 0) is 16.0 Å². The number of benzene rings is 3. The van der Waals surface area contributed by atoms with Gasteiger partial charge in [-0.15, -0.1) is 0 Å². The first kappa shape index (κ1) is 19.2. The Morgan fingerprint density at radius 3 is 2.55 bits per heavy atom. The minimum Gasteiger partial charge on any atom is -0.349 e. The number of nitrogens with one attached hydrogen (secondary N) is 1. The van der Waals surface area contributed by atoms with Crippen molar-refractivity contribution in [2.75, 3.05) is 13.1 Å². The summed E-state index contributed by atoms with van der Waals surface area (Å²) in [7, 11) is 0. The van der Waals surface area contributed by atoms with E-state index in [1.165, 1.54) is 10.9 Å². The second-order valence-electron chi connectivity index (χ2n) is 7.81. The maximum Gasteiger partial charge on any atom is 0.225 e. The van der Waals surface area contributed by atoms with Gasteiger partial charge >= 0.3 is 0 Å². The molecule has 3 aromatic carbocycles. The molecule has 4 heteroatoms. The minimum atomic E-state index is -0.277. The summed E-state index contributed by atoms with van der Waals surface area (Å²) in [6, 6.07) is 24.5. The number of carbonyl (C=O) groups is 2. The Balaban J connectivity index is 1.34. The standard InChI is InChI=1S/C25H26N2O2/c1-18(21-12-11-20-9-5-6-10-22(20)15-21)26-25(29)23-16-24(28)27(17-23)14-13-19-7-3-2-4-8-19/h2-12,15,18,23H,13-14,16-17H2,1H3,(H,26,29). The second-order valence-corrected chi connectivity index (χ2v) is 7.81. The van der Waals surface area contributed by atoms with Crippen molar-refractivity contribution >= 4 is 22.6 Å². The predicted octanol–water partition coefficient (Wildman–Crippen LogP) is 4.11. The molecule has 1 aliphatic rings. The summed E-state index contributed by atoms with van der Waals surface area (Å²) in [5.74, 6) is -0.248. The van der Waals surface area contributed by atoms with Gasteiger partial charge in [0.2, 0.25) is 11.8 Å². The van der Waals surface area contributed by atoms with Crippen molar-refractivity contribution in [3.8, 4) is 0 Å². The number of amides is 2. The molecule has 2 atom stereocenters. The zero-order valence-electron chi connectivity index (χ0n) is 16.7. The van der Waals surface area contributed by atoms with Gasteiger partial charge in [0.25, 0.3) is 0 Å². The number of rotatable bonds is 6. The van der Waals surface area contributed by atoms with Crippen molar-refractivity contribution in [3.63, 3.8) is 0 Å². The third-order valence-corrected chi connectivity index (χ3v) is 5.73. The topological polar surface area (TPSA) is 49.4 Å². The first-order valence-corrected chi connectivity index (χ1v) is 10.2. The third-order valence-electron chi connectivity index (χ3n) is 5.73. The molecule has 0 aliphatic carbocycles. The van der Waals surface area contributed by atoms with E-state index in [-0.39, 0.29) is 23.8 Å². The zero-order valence-corrected chi connectivity index (χ0v) is 16.7. The maximum atomic E-state index is 12.8. The molecule has 0 radical (unpaired) electrons. The average Bonchev–Trinajstić information content (AvgIpc) is 3.13. The summed E-state index contributed by atoms with van der Waals surface area (Å²) in [6.07, 6.45) is 1.11. The average molecular weight is 386 g/mol. The van der Waals surface area contributed by atoms with Crippen LogP contribution < -0.4 is 5.32 Å². The maximum absolute atomic E-state index is 12.8. The molecule has 1 heterocycles. The number of nitrogens with zero attached hydrogens (tertiary/aromatic N) is 1. The fourth-order valence-corrected chi connectivity index (χ4v) is 3.96. The van der Waals surface area contributed by atoms with Gasteiger partial charge in [-0.3, -0.25) is 9.59 Å². The van der Waals surface area contributed by atoms with Crippen LogP contribution in [0.4, 0.5) is 0 Å². The largest absolute Gasteiger partial charge is 0.349 e. The van der Waals surface area contributed by atoms with Crippen molar-refractivity contribution in [3.05, 3.63) is 83.9 Å². The number of likely N-dealkylation sites (tertiary alicyclic amines) is 1. The van der Waals surface area contributed by atoms with Gasteiger partial charge < -0.3 is 10.2 Å². The van der Waals surface area contributed by atoms with Gasteiger partial charge in [0, 0.05) is 19.5 Å². The van der Waals surface area contributed by atoms with Crippen molar-refractivity contribution in [1.29, 1.82) is 0 Å². The lowest BCUT2D eigenvalue weighted by molar-refractivity contribution is -0.129. The molecule has 1 N–H and O–H groups in total. The molecule has 148 valence electrons. The van der Waals surface area contributed by atoms with Crippen LogP contribution in [0.2, 0.25) is 0 Å². The highest BCUT2D eigenvalue weighted by atomic mass is 16.2. The Bertz CT molecular complexity index is 1020. The van der Waals surface area contributed by atoms with Gasteiger partial charge in [0.15, 0.2) is 0 Å².